The van der Waals surface area contributed by atoms with Crippen molar-refractivity contribution in [2.24, 2.45) is 10.9 Å². The number of halogens is 1. The molecule has 0 fully saturated rings. The Hall–Kier alpha value is -1.13. The minimum Gasteiger partial charge on any atom is -0.411 e. The van der Waals surface area contributed by atoms with Gasteiger partial charge >= 0.3 is 0 Å². The normalized spacial score (nSPS) is 10.9. The summed E-state index contributed by atoms with van der Waals surface area (Å²) in [6, 6.07) is 5.57. The van der Waals surface area contributed by atoms with E-state index in [0.717, 1.165) is 37.9 Å². The Labute approximate surface area is 102 Å². The van der Waals surface area contributed by atoms with Crippen molar-refractivity contribution in [3.05, 3.63) is 30.1 Å². The highest BCUT2D eigenvalue weighted by Gasteiger charge is 2.04. The molecule has 0 unspecified atom stereocenters. The largest absolute Gasteiger partial charge is 0.411 e. The second kappa shape index (κ2) is 9.12. The molecule has 1 rings (SSSR count). The number of oxime groups is 1. The molecule has 0 amide bonds. The van der Waals surface area contributed by atoms with Crippen LogP contribution in [0.2, 0.25) is 0 Å². The van der Waals surface area contributed by atoms with Crippen LogP contribution in [-0.4, -0.2) is 22.4 Å². The molecule has 0 saturated heterocycles. The van der Waals surface area contributed by atoms with Crippen LogP contribution in [-0.2, 0) is 0 Å². The Morgan fingerprint density at radius 3 is 2.69 bits per heavy atom. The van der Waals surface area contributed by atoms with Crippen LogP contribution in [0.5, 0.6) is 0 Å². The highest BCUT2D eigenvalue weighted by molar-refractivity contribution is 5.98. The van der Waals surface area contributed by atoms with Gasteiger partial charge in [0, 0.05) is 6.20 Å². The summed E-state index contributed by atoms with van der Waals surface area (Å²) in [6.07, 6.45) is 5.49. The highest BCUT2D eigenvalue weighted by Crippen LogP contribution is 2.06. The molecule has 5 heteroatoms. The molecule has 1 aromatic rings. The smallest absolute Gasteiger partial charge is 0.105 e. The van der Waals surface area contributed by atoms with Gasteiger partial charge in [-0.1, -0.05) is 17.6 Å². The zero-order valence-electron chi connectivity index (χ0n) is 9.17. The van der Waals surface area contributed by atoms with E-state index in [1.807, 2.05) is 18.2 Å². The van der Waals surface area contributed by atoms with Crippen molar-refractivity contribution in [2.75, 3.05) is 6.54 Å². The standard InChI is InChI=1S/C11H17N3O.ClH/c12-8-4-1-2-7-11(14-15)10-6-3-5-9-13-10;/h3,5-6,9,15H,1-2,4,7-8,12H2;1H/b14-11-;. The molecule has 1 aromatic heterocycles. The van der Waals surface area contributed by atoms with Gasteiger partial charge in [0.2, 0.25) is 0 Å². The fraction of sp³-hybridized carbons (Fsp3) is 0.455. The third kappa shape index (κ3) is 5.09. The van der Waals surface area contributed by atoms with Gasteiger partial charge in [0.15, 0.2) is 0 Å². The van der Waals surface area contributed by atoms with E-state index in [-0.39, 0.29) is 12.4 Å². The molecule has 4 nitrogen and oxygen atoms in total. The Morgan fingerprint density at radius 1 is 1.31 bits per heavy atom. The van der Waals surface area contributed by atoms with Crippen molar-refractivity contribution >= 4 is 18.1 Å². The second-order valence-corrected chi connectivity index (χ2v) is 3.36. The molecule has 0 aliphatic rings. The van der Waals surface area contributed by atoms with E-state index in [4.69, 9.17) is 10.9 Å². The molecule has 0 atom stereocenters. The lowest BCUT2D eigenvalue weighted by Gasteiger charge is -2.02. The lowest BCUT2D eigenvalue weighted by atomic mass is 10.1. The fourth-order valence-electron chi connectivity index (χ4n) is 1.38. The van der Waals surface area contributed by atoms with Crippen LogP contribution in [0.1, 0.15) is 31.4 Å². The van der Waals surface area contributed by atoms with Crippen LogP contribution in [0.25, 0.3) is 0 Å². The van der Waals surface area contributed by atoms with E-state index < -0.39 is 0 Å². The van der Waals surface area contributed by atoms with Gasteiger partial charge in [-0.25, -0.2) is 0 Å². The summed E-state index contributed by atoms with van der Waals surface area (Å²) in [6.45, 7) is 0.717. The van der Waals surface area contributed by atoms with Gasteiger partial charge in [0.1, 0.15) is 5.71 Å². The van der Waals surface area contributed by atoms with E-state index in [0.29, 0.717) is 5.71 Å². The minimum absolute atomic E-state index is 0. The number of pyridine rings is 1. The zero-order valence-corrected chi connectivity index (χ0v) is 9.99. The number of hydrogen-bond donors (Lipinski definition) is 2. The summed E-state index contributed by atoms with van der Waals surface area (Å²) >= 11 is 0. The van der Waals surface area contributed by atoms with Gasteiger partial charge < -0.3 is 10.9 Å². The maximum absolute atomic E-state index is 8.86. The first-order chi connectivity index (χ1) is 7.38. The number of nitrogens with zero attached hydrogens (tertiary/aromatic N) is 2. The van der Waals surface area contributed by atoms with Gasteiger partial charge in [-0.2, -0.15) is 0 Å². The van der Waals surface area contributed by atoms with Gasteiger partial charge in [0.05, 0.1) is 5.69 Å². The van der Waals surface area contributed by atoms with Crippen LogP contribution in [0, 0.1) is 0 Å². The van der Waals surface area contributed by atoms with Crippen molar-refractivity contribution in [1.29, 1.82) is 0 Å². The van der Waals surface area contributed by atoms with E-state index in [1.165, 1.54) is 0 Å². The summed E-state index contributed by atoms with van der Waals surface area (Å²) < 4.78 is 0. The molecule has 1 heterocycles. The topological polar surface area (TPSA) is 71.5 Å². The number of rotatable bonds is 6. The first-order valence-corrected chi connectivity index (χ1v) is 5.21. The van der Waals surface area contributed by atoms with Crippen LogP contribution < -0.4 is 5.73 Å². The molecule has 0 aliphatic heterocycles. The average molecular weight is 244 g/mol. The van der Waals surface area contributed by atoms with Crippen molar-refractivity contribution in [3.63, 3.8) is 0 Å². The van der Waals surface area contributed by atoms with Crippen molar-refractivity contribution in [3.8, 4) is 0 Å². The maximum atomic E-state index is 8.86. The quantitative estimate of drug-likeness (QED) is 0.348. The number of aromatic nitrogens is 1. The van der Waals surface area contributed by atoms with Crippen LogP contribution >= 0.6 is 12.4 Å². The molecule has 3 N–H and O–H groups in total. The monoisotopic (exact) mass is 243 g/mol. The average Bonchev–Trinajstić information content (AvgIpc) is 2.30. The lowest BCUT2D eigenvalue weighted by molar-refractivity contribution is 0.317. The fourth-order valence-corrected chi connectivity index (χ4v) is 1.38. The lowest BCUT2D eigenvalue weighted by Crippen LogP contribution is -2.04. The summed E-state index contributed by atoms with van der Waals surface area (Å²) in [4.78, 5) is 4.13. The molecule has 0 aromatic carbocycles. The molecule has 16 heavy (non-hydrogen) atoms. The van der Waals surface area contributed by atoms with Crippen LogP contribution in [0.3, 0.4) is 0 Å². The van der Waals surface area contributed by atoms with Gasteiger partial charge in [-0.15, -0.1) is 12.4 Å². The number of nitrogens with two attached hydrogens (primary N) is 1. The molecule has 90 valence electrons. The number of unbranched alkanes of at least 4 members (excludes halogenated alkanes) is 2. The summed E-state index contributed by atoms with van der Waals surface area (Å²) in [5, 5.41) is 12.1. The third-order valence-corrected chi connectivity index (χ3v) is 2.20. The van der Waals surface area contributed by atoms with E-state index in [1.54, 1.807) is 6.20 Å². The summed E-state index contributed by atoms with van der Waals surface area (Å²) in [5.74, 6) is 0. The Bertz CT molecular complexity index is 303. The SMILES string of the molecule is Cl.NCCCCC/C(=N/O)c1ccccn1. The highest BCUT2D eigenvalue weighted by atomic mass is 35.5. The molecular formula is C11H18ClN3O. The van der Waals surface area contributed by atoms with Crippen molar-refractivity contribution in [1.82, 2.24) is 4.98 Å². The van der Waals surface area contributed by atoms with Gasteiger partial charge in [-0.05, 0) is 37.9 Å². The second-order valence-electron chi connectivity index (χ2n) is 3.36. The molecule has 0 radical (unpaired) electrons. The molecular weight excluding hydrogens is 226 g/mol. The predicted molar refractivity (Wildman–Crippen MR) is 67.3 cm³/mol. The summed E-state index contributed by atoms with van der Waals surface area (Å²) in [5.41, 5.74) is 6.79. The zero-order chi connectivity index (χ0) is 10.9. The van der Waals surface area contributed by atoms with Gasteiger partial charge in [-0.3, -0.25) is 4.98 Å². The van der Waals surface area contributed by atoms with Crippen LogP contribution in [0.4, 0.5) is 0 Å². The first kappa shape index (κ1) is 14.9. The van der Waals surface area contributed by atoms with Crippen LogP contribution in [0.15, 0.2) is 29.6 Å². The van der Waals surface area contributed by atoms with E-state index >= 15 is 0 Å². The number of hydrogen-bond acceptors (Lipinski definition) is 4. The predicted octanol–water partition coefficient (Wildman–Crippen LogP) is 2.20. The van der Waals surface area contributed by atoms with Gasteiger partial charge in [0.25, 0.3) is 0 Å². The third-order valence-electron chi connectivity index (χ3n) is 2.20. The molecule has 0 aliphatic carbocycles. The minimum atomic E-state index is 0. The molecule has 0 bridgehead atoms. The Morgan fingerprint density at radius 2 is 2.12 bits per heavy atom. The summed E-state index contributed by atoms with van der Waals surface area (Å²) in [7, 11) is 0. The van der Waals surface area contributed by atoms with Crippen molar-refractivity contribution < 1.29 is 5.21 Å². The Balaban J connectivity index is 0.00000225. The molecule has 0 spiro atoms. The van der Waals surface area contributed by atoms with E-state index in [9.17, 15) is 0 Å². The Kier molecular flexibility index (Phi) is 8.48. The van der Waals surface area contributed by atoms with E-state index in [2.05, 4.69) is 10.1 Å². The first-order valence-electron chi connectivity index (χ1n) is 5.21. The molecule has 0 saturated carbocycles. The maximum Gasteiger partial charge on any atom is 0.105 e. The van der Waals surface area contributed by atoms with Crippen molar-refractivity contribution in [2.45, 2.75) is 25.7 Å².